The molecule has 0 aromatic heterocycles. The lowest BCUT2D eigenvalue weighted by Gasteiger charge is -2.39. The summed E-state index contributed by atoms with van der Waals surface area (Å²) in [6, 6.07) is 18.3. The lowest BCUT2D eigenvalue weighted by molar-refractivity contribution is -0.0799. The van der Waals surface area contributed by atoms with Crippen LogP contribution in [0.4, 0.5) is 0 Å². The van der Waals surface area contributed by atoms with E-state index in [1.54, 1.807) is 32.2 Å². The second kappa shape index (κ2) is 13.1. The van der Waals surface area contributed by atoms with Crippen molar-refractivity contribution in [3.05, 3.63) is 82.4 Å². The summed E-state index contributed by atoms with van der Waals surface area (Å²) in [5.41, 5.74) is 0.971. The number of nitrogens with zero attached hydrogens (tertiary/aromatic N) is 2. The van der Waals surface area contributed by atoms with Crippen molar-refractivity contribution in [3.8, 4) is 23.0 Å². The largest absolute Gasteiger partial charge is 0.497 e. The zero-order valence-corrected chi connectivity index (χ0v) is 26.3. The van der Waals surface area contributed by atoms with Gasteiger partial charge in [0.25, 0.3) is 5.91 Å². The van der Waals surface area contributed by atoms with Crippen molar-refractivity contribution < 1.29 is 38.8 Å². The Kier molecular flexibility index (Phi) is 9.12. The Morgan fingerprint density at radius 2 is 1.80 bits per heavy atom. The highest BCUT2D eigenvalue weighted by Gasteiger charge is 2.42. The molecule has 45 heavy (non-hydrogen) atoms. The molecule has 3 aliphatic heterocycles. The number of piperidine rings is 1. The van der Waals surface area contributed by atoms with Gasteiger partial charge in [0, 0.05) is 50.0 Å². The molecule has 10 nitrogen and oxygen atoms in total. The van der Waals surface area contributed by atoms with Crippen LogP contribution in [-0.4, -0.2) is 89.9 Å². The minimum Gasteiger partial charge on any atom is -0.497 e. The van der Waals surface area contributed by atoms with Gasteiger partial charge in [-0.05, 0) is 60.5 Å². The molecule has 3 aliphatic rings. The number of methoxy groups -OCH3 is 1. The Balaban J connectivity index is 1.07. The first kappa shape index (κ1) is 31.4. The third-order valence-electron chi connectivity index (χ3n) is 8.52. The molecule has 6 rings (SSSR count). The highest BCUT2D eigenvalue weighted by Crippen LogP contribution is 2.42. The van der Waals surface area contributed by atoms with Crippen LogP contribution in [0.5, 0.6) is 23.0 Å². The summed E-state index contributed by atoms with van der Waals surface area (Å²) < 4.78 is 23.6. The summed E-state index contributed by atoms with van der Waals surface area (Å²) in [5.74, 6) is 1.98. The number of halogens is 1. The number of benzene rings is 3. The third kappa shape index (κ3) is 7.48. The van der Waals surface area contributed by atoms with E-state index in [-0.39, 0.29) is 36.7 Å². The Labute approximate surface area is 267 Å². The Bertz CT molecular complexity index is 1510. The van der Waals surface area contributed by atoms with Crippen LogP contribution in [0.3, 0.4) is 0 Å². The van der Waals surface area contributed by atoms with E-state index in [4.69, 9.17) is 35.4 Å². The third-order valence-corrected chi connectivity index (χ3v) is 8.75. The van der Waals surface area contributed by atoms with Crippen molar-refractivity contribution >= 4 is 17.5 Å². The van der Waals surface area contributed by atoms with Gasteiger partial charge in [-0.1, -0.05) is 23.7 Å². The van der Waals surface area contributed by atoms with Crippen LogP contribution in [-0.2, 0) is 17.9 Å². The average molecular weight is 639 g/mol. The molecule has 3 heterocycles. The van der Waals surface area contributed by atoms with E-state index in [2.05, 4.69) is 4.90 Å². The van der Waals surface area contributed by atoms with E-state index in [9.17, 15) is 15.0 Å². The van der Waals surface area contributed by atoms with Crippen LogP contribution < -0.4 is 18.9 Å². The number of aliphatic hydroxyl groups excluding tert-OH is 1. The van der Waals surface area contributed by atoms with Crippen molar-refractivity contribution in [1.29, 1.82) is 0 Å². The summed E-state index contributed by atoms with van der Waals surface area (Å²) in [6.07, 6.45) is 1.74. The second-order valence-corrected chi connectivity index (χ2v) is 12.8. The molecule has 0 aliphatic carbocycles. The minimum atomic E-state index is -1.14. The van der Waals surface area contributed by atoms with Crippen LogP contribution in [0.2, 0.25) is 5.02 Å². The maximum Gasteiger partial charge on any atom is 0.281 e. The fourth-order valence-corrected chi connectivity index (χ4v) is 6.21. The van der Waals surface area contributed by atoms with E-state index >= 15 is 0 Å². The van der Waals surface area contributed by atoms with E-state index in [0.29, 0.717) is 23.9 Å². The number of carbonyl (C=O) groups excluding carboxylic acids is 1. The molecule has 1 amide bonds. The number of ether oxygens (including phenoxy) is 4. The predicted molar refractivity (Wildman–Crippen MR) is 167 cm³/mol. The summed E-state index contributed by atoms with van der Waals surface area (Å²) in [7, 11) is 1.62. The number of aliphatic hydroxyl groups is 2. The number of rotatable bonds is 10. The zero-order chi connectivity index (χ0) is 31.6. The summed E-state index contributed by atoms with van der Waals surface area (Å²) in [6.45, 7) is 3.91. The first-order valence-corrected chi connectivity index (χ1v) is 15.6. The van der Waals surface area contributed by atoms with Crippen LogP contribution in [0, 0.1) is 0 Å². The Hall–Kier alpha value is -3.54. The van der Waals surface area contributed by atoms with Gasteiger partial charge in [0.15, 0.2) is 0 Å². The standard InChI is InChI=1S/C34H39ClN2O8/c1-33(40)21-37(44-22-33)32(39)29-9-8-28(42-19-23-3-6-27(41-2)7-4-23)16-31(29)43-20-26(38)18-36-13-11-34(12-14-36)17-24-15-25(35)5-10-30(24)45-34/h3-10,15-16,26,38,40H,11-14,17-22H2,1-2H3/t26-,33+/m0/s1. The molecule has 2 N–H and O–H groups in total. The highest BCUT2D eigenvalue weighted by molar-refractivity contribution is 6.30. The molecule has 2 fully saturated rings. The molecule has 240 valence electrons. The van der Waals surface area contributed by atoms with Gasteiger partial charge in [0.1, 0.15) is 60.1 Å². The van der Waals surface area contributed by atoms with Gasteiger partial charge >= 0.3 is 0 Å². The van der Waals surface area contributed by atoms with E-state index in [1.165, 1.54) is 0 Å². The highest BCUT2D eigenvalue weighted by atomic mass is 35.5. The van der Waals surface area contributed by atoms with E-state index in [0.717, 1.165) is 60.0 Å². The number of likely N-dealkylation sites (tertiary alicyclic amines) is 1. The van der Waals surface area contributed by atoms with Gasteiger partial charge in [-0.3, -0.25) is 9.63 Å². The summed E-state index contributed by atoms with van der Waals surface area (Å²) in [5, 5.41) is 23.1. The minimum absolute atomic E-state index is 0.0126. The van der Waals surface area contributed by atoms with Crippen LogP contribution in [0.25, 0.3) is 0 Å². The number of carbonyl (C=O) groups is 1. The monoisotopic (exact) mass is 638 g/mol. The zero-order valence-electron chi connectivity index (χ0n) is 25.5. The molecular weight excluding hydrogens is 600 g/mol. The fourth-order valence-electron chi connectivity index (χ4n) is 6.02. The molecule has 2 atom stereocenters. The lowest BCUT2D eigenvalue weighted by Crippen LogP contribution is -2.49. The van der Waals surface area contributed by atoms with Gasteiger partial charge in [-0.25, -0.2) is 5.06 Å². The quantitative estimate of drug-likeness (QED) is 0.336. The van der Waals surface area contributed by atoms with E-state index < -0.39 is 17.6 Å². The lowest BCUT2D eigenvalue weighted by atomic mass is 9.87. The molecule has 0 bridgehead atoms. The topological polar surface area (TPSA) is 110 Å². The number of hydrogen-bond acceptors (Lipinski definition) is 9. The molecule has 1 spiro atoms. The van der Waals surface area contributed by atoms with E-state index in [1.807, 2.05) is 42.5 Å². The number of hydroxylamine groups is 2. The van der Waals surface area contributed by atoms with Gasteiger partial charge in [-0.2, -0.15) is 0 Å². The summed E-state index contributed by atoms with van der Waals surface area (Å²) in [4.78, 5) is 21.0. The molecule has 2 saturated heterocycles. The molecule has 0 radical (unpaired) electrons. The molecule has 0 saturated carbocycles. The number of fused-ring (bicyclic) bond motifs is 1. The first-order valence-electron chi connectivity index (χ1n) is 15.2. The van der Waals surface area contributed by atoms with Crippen LogP contribution in [0.1, 0.15) is 41.3 Å². The number of amides is 1. The van der Waals surface area contributed by atoms with Crippen molar-refractivity contribution in [1.82, 2.24) is 9.96 Å². The number of hydrogen-bond donors (Lipinski definition) is 2. The Morgan fingerprint density at radius 3 is 2.51 bits per heavy atom. The second-order valence-electron chi connectivity index (χ2n) is 12.4. The van der Waals surface area contributed by atoms with Crippen LogP contribution >= 0.6 is 11.6 Å². The summed E-state index contributed by atoms with van der Waals surface area (Å²) >= 11 is 6.18. The number of β-amino-alcohol motifs (C(OH)–C–C–N with tert-alkyl or cyclic N) is 2. The maximum atomic E-state index is 13.4. The van der Waals surface area contributed by atoms with Gasteiger partial charge in [0.2, 0.25) is 0 Å². The fraction of sp³-hybridized carbons (Fsp3) is 0.441. The Morgan fingerprint density at radius 1 is 1.04 bits per heavy atom. The molecule has 11 heteroatoms. The normalized spacial score (nSPS) is 21.3. The molecule has 0 unspecified atom stereocenters. The van der Waals surface area contributed by atoms with Crippen molar-refractivity contribution in [2.24, 2.45) is 0 Å². The van der Waals surface area contributed by atoms with Gasteiger partial charge in [-0.15, -0.1) is 0 Å². The smallest absolute Gasteiger partial charge is 0.281 e. The van der Waals surface area contributed by atoms with Gasteiger partial charge in [0.05, 0.1) is 19.2 Å². The first-order chi connectivity index (χ1) is 21.6. The van der Waals surface area contributed by atoms with Gasteiger partial charge < -0.3 is 34.1 Å². The molecular formula is C34H39ClN2O8. The average Bonchev–Trinajstić information content (AvgIpc) is 3.58. The predicted octanol–water partition coefficient (Wildman–Crippen LogP) is 4.28. The van der Waals surface area contributed by atoms with Crippen molar-refractivity contribution in [2.75, 3.05) is 46.5 Å². The van der Waals surface area contributed by atoms with Crippen LogP contribution in [0.15, 0.2) is 60.7 Å². The van der Waals surface area contributed by atoms with Crippen molar-refractivity contribution in [2.45, 2.75) is 50.1 Å². The maximum absolute atomic E-state index is 13.4. The molecule has 3 aromatic carbocycles. The molecule has 3 aromatic rings. The SMILES string of the molecule is COc1ccc(COc2ccc(C(=O)N3C[C@@](C)(O)CO3)c(OC[C@@H](O)CN3CCC4(CC3)Cc3cc(Cl)ccc3O4)c2)cc1. The van der Waals surface area contributed by atoms with Crippen molar-refractivity contribution in [3.63, 3.8) is 0 Å².